The van der Waals surface area contributed by atoms with Crippen molar-refractivity contribution in [1.29, 1.82) is 0 Å². The maximum Gasteiger partial charge on any atom is 0.263 e. The second kappa shape index (κ2) is 5.33. The zero-order chi connectivity index (χ0) is 15.1. The number of piperazine rings is 1. The van der Waals surface area contributed by atoms with Gasteiger partial charge in [-0.1, -0.05) is 5.21 Å². The van der Waals surface area contributed by atoms with Gasteiger partial charge in [0.2, 0.25) is 15.0 Å². The summed E-state index contributed by atoms with van der Waals surface area (Å²) in [5.41, 5.74) is 0. The summed E-state index contributed by atoms with van der Waals surface area (Å²) < 4.78 is 51.6. The Kier molecular flexibility index (Phi) is 4.22. The van der Waals surface area contributed by atoms with Crippen LogP contribution in [-0.4, -0.2) is 72.9 Å². The van der Waals surface area contributed by atoms with E-state index < -0.39 is 20.0 Å². The Morgan fingerprint density at radius 3 is 1.95 bits per heavy atom. The molecule has 1 saturated heterocycles. The lowest BCUT2D eigenvalue weighted by Gasteiger charge is -2.32. The van der Waals surface area contributed by atoms with E-state index in [-0.39, 0.29) is 35.8 Å². The summed E-state index contributed by atoms with van der Waals surface area (Å²) in [5, 5.41) is 7.25. The molecule has 20 heavy (non-hydrogen) atoms. The van der Waals surface area contributed by atoms with Crippen molar-refractivity contribution in [2.45, 2.75) is 5.03 Å². The molecule has 0 radical (unpaired) electrons. The fourth-order valence-electron chi connectivity index (χ4n) is 1.96. The van der Waals surface area contributed by atoms with Crippen molar-refractivity contribution in [2.24, 2.45) is 7.05 Å². The maximum absolute atomic E-state index is 12.5. The molecule has 1 aliphatic rings. The van der Waals surface area contributed by atoms with Crippen molar-refractivity contribution in [3.63, 3.8) is 0 Å². The van der Waals surface area contributed by atoms with Crippen molar-refractivity contribution in [3.05, 3.63) is 4.60 Å². The van der Waals surface area contributed by atoms with Gasteiger partial charge in [-0.2, -0.15) is 8.61 Å². The summed E-state index contributed by atoms with van der Waals surface area (Å²) in [5.74, 6) is 0. The highest BCUT2D eigenvalue weighted by atomic mass is 79.9. The van der Waals surface area contributed by atoms with E-state index in [4.69, 9.17) is 0 Å². The Balaban J connectivity index is 2.22. The molecule has 1 aliphatic heterocycles. The minimum absolute atomic E-state index is 0.0368. The Labute approximate surface area is 125 Å². The summed E-state index contributed by atoms with van der Waals surface area (Å²) in [6.45, 7) is 0.488. The number of sulfonamides is 2. The van der Waals surface area contributed by atoms with E-state index in [2.05, 4.69) is 26.2 Å². The highest BCUT2D eigenvalue weighted by Crippen LogP contribution is 2.23. The molecular weight excluding hydrogens is 374 g/mol. The van der Waals surface area contributed by atoms with Crippen molar-refractivity contribution >= 4 is 36.0 Å². The van der Waals surface area contributed by atoms with Crippen LogP contribution in [0.2, 0.25) is 0 Å². The second-order valence-corrected chi connectivity index (χ2v) is 8.96. The third kappa shape index (κ3) is 2.88. The summed E-state index contributed by atoms with van der Waals surface area (Å²) in [6, 6.07) is 0. The van der Waals surface area contributed by atoms with Gasteiger partial charge in [0.15, 0.2) is 4.60 Å². The number of rotatable bonds is 3. The minimum atomic E-state index is -3.75. The fourth-order valence-corrected chi connectivity index (χ4v) is 5.24. The molecule has 2 heterocycles. The average molecular weight is 388 g/mol. The largest absolute Gasteiger partial charge is 0.263 e. The van der Waals surface area contributed by atoms with Crippen LogP contribution in [0.15, 0.2) is 9.63 Å². The van der Waals surface area contributed by atoms with Crippen LogP contribution >= 0.6 is 15.9 Å². The second-order valence-electron chi connectivity index (χ2n) is 4.38. The molecule has 0 atom stereocenters. The Morgan fingerprint density at radius 2 is 1.55 bits per heavy atom. The highest BCUT2D eigenvalue weighted by molar-refractivity contribution is 9.10. The Morgan fingerprint density at radius 1 is 1.05 bits per heavy atom. The van der Waals surface area contributed by atoms with Gasteiger partial charge < -0.3 is 0 Å². The zero-order valence-electron chi connectivity index (χ0n) is 10.9. The molecule has 0 spiro atoms. The molecule has 0 aromatic carbocycles. The molecule has 0 unspecified atom stereocenters. The Hall–Kier alpha value is -0.560. The molecule has 1 aromatic rings. The molecule has 0 saturated carbocycles. The van der Waals surface area contributed by atoms with Crippen LogP contribution < -0.4 is 0 Å². The normalized spacial score (nSPS) is 19.4. The van der Waals surface area contributed by atoms with Gasteiger partial charge in [-0.05, 0) is 15.9 Å². The average Bonchev–Trinajstić information content (AvgIpc) is 2.68. The summed E-state index contributed by atoms with van der Waals surface area (Å²) in [7, 11) is -5.55. The minimum Gasteiger partial charge on any atom is -0.235 e. The van der Waals surface area contributed by atoms with E-state index in [0.29, 0.717) is 0 Å². The van der Waals surface area contributed by atoms with Crippen LogP contribution in [0.5, 0.6) is 0 Å². The molecule has 1 aromatic heterocycles. The smallest absolute Gasteiger partial charge is 0.235 e. The number of hydrogen-bond donors (Lipinski definition) is 0. The summed E-state index contributed by atoms with van der Waals surface area (Å²) in [4.78, 5) is 0. The van der Waals surface area contributed by atoms with Crippen molar-refractivity contribution in [2.75, 3.05) is 32.4 Å². The molecule has 2 rings (SSSR count). The predicted octanol–water partition coefficient (Wildman–Crippen LogP) is -1.16. The summed E-state index contributed by atoms with van der Waals surface area (Å²) >= 11 is 3.06. The first-order chi connectivity index (χ1) is 9.14. The molecule has 114 valence electrons. The lowest BCUT2D eigenvalue weighted by Crippen LogP contribution is -2.50. The standard InChI is InChI=1S/C8H14BrN5O4S2/c1-12-8(7(9)10-11-12)20(17,18)14-5-3-13(4-6-14)19(2,15)16/h3-6H2,1-2H3. The van der Waals surface area contributed by atoms with Gasteiger partial charge in [-0.3, -0.25) is 0 Å². The molecule has 0 amide bonds. The SMILES string of the molecule is Cn1nnc(Br)c1S(=O)(=O)N1CCN(S(C)(=O)=O)CC1. The number of aromatic nitrogens is 3. The van der Waals surface area contributed by atoms with E-state index in [1.165, 1.54) is 20.3 Å². The van der Waals surface area contributed by atoms with Gasteiger partial charge in [0, 0.05) is 33.2 Å². The number of hydrogen-bond acceptors (Lipinski definition) is 6. The molecule has 0 aliphatic carbocycles. The first kappa shape index (κ1) is 15.8. The zero-order valence-corrected chi connectivity index (χ0v) is 14.1. The third-order valence-corrected chi connectivity index (χ3v) is 7.08. The van der Waals surface area contributed by atoms with Crippen molar-refractivity contribution in [3.8, 4) is 0 Å². The van der Waals surface area contributed by atoms with Crippen LogP contribution in [0, 0.1) is 0 Å². The van der Waals surface area contributed by atoms with Crippen LogP contribution in [0.1, 0.15) is 0 Å². The van der Waals surface area contributed by atoms with E-state index in [9.17, 15) is 16.8 Å². The van der Waals surface area contributed by atoms with Crippen molar-refractivity contribution in [1.82, 2.24) is 23.6 Å². The molecule has 1 fully saturated rings. The van der Waals surface area contributed by atoms with Gasteiger partial charge in [0.25, 0.3) is 10.0 Å². The monoisotopic (exact) mass is 387 g/mol. The molecule has 0 N–H and O–H groups in total. The van der Waals surface area contributed by atoms with Crippen LogP contribution in [-0.2, 0) is 27.1 Å². The molecule has 12 heteroatoms. The maximum atomic E-state index is 12.5. The van der Waals surface area contributed by atoms with Gasteiger partial charge in [-0.15, -0.1) is 5.10 Å². The quantitative estimate of drug-likeness (QED) is 0.647. The highest BCUT2D eigenvalue weighted by Gasteiger charge is 2.34. The fraction of sp³-hybridized carbons (Fsp3) is 0.750. The van der Waals surface area contributed by atoms with E-state index in [1.807, 2.05) is 0 Å². The van der Waals surface area contributed by atoms with Gasteiger partial charge in [-0.25, -0.2) is 21.5 Å². The molecule has 0 bridgehead atoms. The predicted molar refractivity (Wildman–Crippen MR) is 73.9 cm³/mol. The number of nitrogens with zero attached hydrogens (tertiary/aromatic N) is 5. The number of aryl methyl sites for hydroxylation is 1. The van der Waals surface area contributed by atoms with Gasteiger partial charge in [0.05, 0.1) is 6.26 Å². The van der Waals surface area contributed by atoms with Crippen molar-refractivity contribution < 1.29 is 16.8 Å². The van der Waals surface area contributed by atoms with Crippen LogP contribution in [0.3, 0.4) is 0 Å². The topological polar surface area (TPSA) is 105 Å². The molecular formula is C8H14BrN5O4S2. The van der Waals surface area contributed by atoms with E-state index >= 15 is 0 Å². The number of halogens is 1. The van der Waals surface area contributed by atoms with Gasteiger partial charge in [0.1, 0.15) is 0 Å². The third-order valence-electron chi connectivity index (χ3n) is 2.99. The first-order valence-corrected chi connectivity index (χ1v) is 9.72. The van der Waals surface area contributed by atoms with Gasteiger partial charge >= 0.3 is 0 Å². The summed E-state index contributed by atoms with van der Waals surface area (Å²) in [6.07, 6.45) is 1.11. The Bertz CT molecular complexity index is 686. The van der Waals surface area contributed by atoms with E-state index in [0.717, 1.165) is 6.26 Å². The van der Waals surface area contributed by atoms with E-state index in [1.54, 1.807) is 0 Å². The van der Waals surface area contributed by atoms with Crippen LogP contribution in [0.25, 0.3) is 0 Å². The van der Waals surface area contributed by atoms with Crippen LogP contribution in [0.4, 0.5) is 0 Å². The molecule has 9 nitrogen and oxygen atoms in total. The lowest BCUT2D eigenvalue weighted by molar-refractivity contribution is 0.272. The lowest BCUT2D eigenvalue weighted by atomic mass is 10.4. The first-order valence-electron chi connectivity index (χ1n) is 5.64.